The number of halogens is 3. The number of piperidine rings is 1. The van der Waals surface area contributed by atoms with Gasteiger partial charge in [0, 0.05) is 19.2 Å². The predicted octanol–water partition coefficient (Wildman–Crippen LogP) is 4.02. The fourth-order valence-electron chi connectivity index (χ4n) is 3.16. The van der Waals surface area contributed by atoms with E-state index in [-0.39, 0.29) is 30.7 Å². The summed E-state index contributed by atoms with van der Waals surface area (Å²) in [6, 6.07) is 3.13. The van der Waals surface area contributed by atoms with E-state index in [1.165, 1.54) is 33.0 Å². The Hall–Kier alpha value is -0.880. The van der Waals surface area contributed by atoms with Gasteiger partial charge in [-0.2, -0.15) is 0 Å². The van der Waals surface area contributed by atoms with Crippen molar-refractivity contribution in [1.29, 1.82) is 0 Å². The number of anilines is 1. The van der Waals surface area contributed by atoms with Crippen LogP contribution in [0.25, 0.3) is 0 Å². The molecule has 3 N–H and O–H groups in total. The van der Waals surface area contributed by atoms with Gasteiger partial charge in [-0.1, -0.05) is 18.5 Å². The third-order valence-electron chi connectivity index (χ3n) is 4.49. The Bertz CT molecular complexity index is 573. The lowest BCUT2D eigenvalue weighted by Crippen LogP contribution is -2.35. The second-order valence-electron chi connectivity index (χ2n) is 6.59. The van der Waals surface area contributed by atoms with Crippen molar-refractivity contribution in [2.75, 3.05) is 39.0 Å². The number of nitrogens with zero attached hydrogens (tertiary/aromatic N) is 1. The van der Waals surface area contributed by atoms with Gasteiger partial charge in [0.15, 0.2) is 0 Å². The minimum atomic E-state index is -0.180. The molecule has 1 atom stereocenters. The van der Waals surface area contributed by atoms with Crippen molar-refractivity contribution in [3.8, 4) is 5.75 Å². The van der Waals surface area contributed by atoms with Gasteiger partial charge in [0.2, 0.25) is 0 Å². The van der Waals surface area contributed by atoms with Gasteiger partial charge in [-0.25, -0.2) is 0 Å². The standard InChI is InChI=1S/C18H28ClN3O2.2ClH/c1-13-6-5-9-22(12-13)8-4-3-7-21-18(23)14-10-15(19)16(20)11-17(14)24-2;;/h10-11,13H,3-9,12,20H2,1-2H3,(H,21,23);2*1H. The predicted molar refractivity (Wildman–Crippen MR) is 113 cm³/mol. The Kier molecular flexibility index (Phi) is 12.1. The maximum atomic E-state index is 12.3. The van der Waals surface area contributed by atoms with E-state index in [1.807, 2.05) is 0 Å². The maximum Gasteiger partial charge on any atom is 0.255 e. The van der Waals surface area contributed by atoms with E-state index < -0.39 is 0 Å². The average Bonchev–Trinajstić information content (AvgIpc) is 2.56. The minimum absolute atomic E-state index is 0. The Balaban J connectivity index is 0.00000312. The molecule has 1 amide bonds. The van der Waals surface area contributed by atoms with Crippen LogP contribution in [0.1, 0.15) is 43.0 Å². The highest BCUT2D eigenvalue weighted by Gasteiger charge is 2.16. The number of rotatable bonds is 7. The van der Waals surface area contributed by atoms with E-state index in [1.54, 1.807) is 12.1 Å². The summed E-state index contributed by atoms with van der Waals surface area (Å²) in [6.45, 7) is 6.48. The SMILES string of the molecule is COc1cc(N)c(Cl)cc1C(=O)NCCCCN1CCCC(C)C1.Cl.Cl. The lowest BCUT2D eigenvalue weighted by molar-refractivity contribution is 0.0949. The summed E-state index contributed by atoms with van der Waals surface area (Å²) in [6.07, 6.45) is 4.70. The maximum absolute atomic E-state index is 12.3. The fourth-order valence-corrected chi connectivity index (χ4v) is 3.33. The molecule has 1 aromatic carbocycles. The molecule has 5 nitrogen and oxygen atoms in total. The van der Waals surface area contributed by atoms with Crippen molar-refractivity contribution in [2.45, 2.75) is 32.6 Å². The number of methoxy groups -OCH3 is 1. The number of carbonyl (C=O) groups is 1. The summed E-state index contributed by atoms with van der Waals surface area (Å²) in [5, 5.41) is 3.29. The number of amides is 1. The largest absolute Gasteiger partial charge is 0.496 e. The normalized spacial score (nSPS) is 17.0. The molecule has 1 fully saturated rings. The molecular weight excluding hydrogens is 397 g/mol. The molecule has 8 heteroatoms. The van der Waals surface area contributed by atoms with Gasteiger partial charge in [-0.05, 0) is 50.8 Å². The Morgan fingerprint density at radius 3 is 2.77 bits per heavy atom. The van der Waals surface area contributed by atoms with Crippen LogP contribution >= 0.6 is 36.4 Å². The number of carbonyl (C=O) groups excluding carboxylic acids is 1. The quantitative estimate of drug-likeness (QED) is 0.510. The van der Waals surface area contributed by atoms with Gasteiger partial charge < -0.3 is 20.7 Å². The van der Waals surface area contributed by atoms with E-state index in [2.05, 4.69) is 17.1 Å². The van der Waals surface area contributed by atoms with Crippen LogP contribution in [0.4, 0.5) is 5.69 Å². The van der Waals surface area contributed by atoms with E-state index in [9.17, 15) is 4.79 Å². The van der Waals surface area contributed by atoms with E-state index in [0.29, 0.717) is 28.6 Å². The number of benzene rings is 1. The summed E-state index contributed by atoms with van der Waals surface area (Å²) in [7, 11) is 1.51. The molecule has 0 aromatic heterocycles. The first-order valence-electron chi connectivity index (χ1n) is 8.64. The molecule has 1 saturated heterocycles. The van der Waals surface area contributed by atoms with E-state index in [4.69, 9.17) is 22.1 Å². The summed E-state index contributed by atoms with van der Waals surface area (Å²) >= 11 is 6.00. The van der Waals surface area contributed by atoms with E-state index >= 15 is 0 Å². The van der Waals surface area contributed by atoms with Crippen LogP contribution in [-0.2, 0) is 0 Å². The molecule has 0 aliphatic carbocycles. The van der Waals surface area contributed by atoms with E-state index in [0.717, 1.165) is 25.3 Å². The number of unbranched alkanes of at least 4 members (excludes halogenated alkanes) is 1. The van der Waals surface area contributed by atoms with Crippen LogP contribution in [0.5, 0.6) is 5.75 Å². The van der Waals surface area contributed by atoms with Crippen LogP contribution in [0.15, 0.2) is 12.1 Å². The van der Waals surface area contributed by atoms with Gasteiger partial charge in [-0.3, -0.25) is 4.79 Å². The van der Waals surface area contributed by atoms with Crippen LogP contribution in [0.2, 0.25) is 5.02 Å². The van der Waals surface area contributed by atoms with Gasteiger partial charge in [0.25, 0.3) is 5.91 Å². The fraction of sp³-hybridized carbons (Fsp3) is 0.611. The third kappa shape index (κ3) is 7.39. The first-order valence-corrected chi connectivity index (χ1v) is 9.02. The van der Waals surface area contributed by atoms with Crippen molar-refractivity contribution in [2.24, 2.45) is 5.92 Å². The zero-order valence-corrected chi connectivity index (χ0v) is 17.8. The summed E-state index contributed by atoms with van der Waals surface area (Å²) < 4.78 is 5.21. The highest BCUT2D eigenvalue weighted by Crippen LogP contribution is 2.28. The highest BCUT2D eigenvalue weighted by atomic mass is 35.5. The monoisotopic (exact) mass is 425 g/mol. The van der Waals surface area contributed by atoms with Gasteiger partial charge in [0.1, 0.15) is 5.75 Å². The van der Waals surface area contributed by atoms with Gasteiger partial charge in [0.05, 0.1) is 23.4 Å². The molecule has 150 valence electrons. The molecule has 0 radical (unpaired) electrons. The molecule has 1 aliphatic heterocycles. The first kappa shape index (κ1) is 25.1. The molecular formula is C18H30Cl3N3O2. The lowest BCUT2D eigenvalue weighted by atomic mass is 10.0. The number of nitrogens with two attached hydrogens (primary N) is 1. The molecule has 1 aromatic rings. The van der Waals surface area contributed by atoms with Crippen LogP contribution in [0.3, 0.4) is 0 Å². The topological polar surface area (TPSA) is 67.6 Å². The Morgan fingerprint density at radius 1 is 1.38 bits per heavy atom. The first-order chi connectivity index (χ1) is 11.5. The Labute approximate surface area is 173 Å². The van der Waals surface area contributed by atoms with Crippen molar-refractivity contribution >= 4 is 48.0 Å². The summed E-state index contributed by atoms with van der Waals surface area (Å²) in [4.78, 5) is 14.8. The van der Waals surface area contributed by atoms with Crippen LogP contribution < -0.4 is 15.8 Å². The smallest absolute Gasteiger partial charge is 0.255 e. The molecule has 1 heterocycles. The highest BCUT2D eigenvalue weighted by molar-refractivity contribution is 6.33. The number of nitrogens with one attached hydrogen (secondary N) is 1. The van der Waals surface area contributed by atoms with Crippen molar-refractivity contribution in [1.82, 2.24) is 10.2 Å². The Morgan fingerprint density at radius 2 is 2.12 bits per heavy atom. The average molecular weight is 427 g/mol. The molecule has 26 heavy (non-hydrogen) atoms. The minimum Gasteiger partial charge on any atom is -0.496 e. The number of hydrogen-bond donors (Lipinski definition) is 2. The number of nitrogen functional groups attached to an aromatic ring is 1. The van der Waals surface area contributed by atoms with Crippen molar-refractivity contribution in [3.05, 3.63) is 22.7 Å². The third-order valence-corrected chi connectivity index (χ3v) is 4.82. The number of hydrogen-bond acceptors (Lipinski definition) is 4. The van der Waals surface area contributed by atoms with Crippen molar-refractivity contribution in [3.63, 3.8) is 0 Å². The lowest BCUT2D eigenvalue weighted by Gasteiger charge is -2.30. The summed E-state index contributed by atoms with van der Waals surface area (Å²) in [5.74, 6) is 1.07. The van der Waals surface area contributed by atoms with Gasteiger partial charge in [-0.15, -0.1) is 24.8 Å². The zero-order chi connectivity index (χ0) is 17.5. The van der Waals surface area contributed by atoms with Gasteiger partial charge >= 0.3 is 0 Å². The zero-order valence-electron chi connectivity index (χ0n) is 15.4. The molecule has 1 unspecified atom stereocenters. The van der Waals surface area contributed by atoms with Crippen LogP contribution in [-0.4, -0.2) is 44.1 Å². The number of ether oxygens (including phenoxy) is 1. The number of likely N-dealkylation sites (tertiary alicyclic amines) is 1. The molecule has 0 spiro atoms. The second-order valence-corrected chi connectivity index (χ2v) is 6.99. The molecule has 2 rings (SSSR count). The molecule has 0 saturated carbocycles. The molecule has 1 aliphatic rings. The van der Waals surface area contributed by atoms with Crippen molar-refractivity contribution < 1.29 is 9.53 Å². The second kappa shape index (κ2) is 12.5. The molecule has 0 bridgehead atoms. The summed E-state index contributed by atoms with van der Waals surface area (Å²) in [5.41, 5.74) is 6.56. The van der Waals surface area contributed by atoms with Crippen LogP contribution in [0, 0.1) is 5.92 Å².